The highest BCUT2D eigenvalue weighted by Gasteiger charge is 2.23. The third kappa shape index (κ3) is 4.02. The summed E-state index contributed by atoms with van der Waals surface area (Å²) in [7, 11) is 0. The topological polar surface area (TPSA) is 39.7 Å². The molecular weight excluding hydrogens is 264 g/mol. The van der Waals surface area contributed by atoms with E-state index in [9.17, 15) is 4.79 Å². The van der Waals surface area contributed by atoms with Gasteiger partial charge in [0.25, 0.3) is 0 Å². The van der Waals surface area contributed by atoms with Gasteiger partial charge < -0.3 is 4.90 Å². The smallest absolute Gasteiger partial charge is 0.236 e. The van der Waals surface area contributed by atoms with Gasteiger partial charge in [0.05, 0.1) is 6.54 Å². The Hall–Kier alpha value is -1.46. The van der Waals surface area contributed by atoms with E-state index in [1.807, 2.05) is 17.3 Å². The van der Waals surface area contributed by atoms with E-state index in [0.717, 1.165) is 45.8 Å². The first-order chi connectivity index (χ1) is 10.3. The normalized spacial score (nSPS) is 20.9. The van der Waals surface area contributed by atoms with Crippen LogP contribution in [0.2, 0.25) is 0 Å². The molecular formula is C16H24N4O. The van der Waals surface area contributed by atoms with Crippen LogP contribution in [0.15, 0.2) is 24.5 Å². The quantitative estimate of drug-likeness (QED) is 0.822. The summed E-state index contributed by atoms with van der Waals surface area (Å²) in [5.41, 5.74) is 1.31. The van der Waals surface area contributed by atoms with E-state index < -0.39 is 0 Å². The Bertz CT molecular complexity index is 451. The standard InChI is InChI=1S/C16H24N4O/c21-16(20-7-1-2-8-20)14-19-11-9-18(10-12-19)13-15-3-5-17-6-4-15/h3-6H,1-2,7-14H2. The fourth-order valence-electron chi connectivity index (χ4n) is 3.11. The minimum absolute atomic E-state index is 0.315. The summed E-state index contributed by atoms with van der Waals surface area (Å²) < 4.78 is 0. The maximum atomic E-state index is 12.1. The molecule has 3 rings (SSSR count). The van der Waals surface area contributed by atoms with Gasteiger partial charge >= 0.3 is 0 Å². The summed E-state index contributed by atoms with van der Waals surface area (Å²) in [6.45, 7) is 7.56. The van der Waals surface area contributed by atoms with Gasteiger partial charge in [-0.15, -0.1) is 0 Å². The lowest BCUT2D eigenvalue weighted by Gasteiger charge is -2.35. The second-order valence-electron chi connectivity index (χ2n) is 6.00. The van der Waals surface area contributed by atoms with Crippen LogP contribution in [0.3, 0.4) is 0 Å². The van der Waals surface area contributed by atoms with Crippen molar-refractivity contribution in [2.45, 2.75) is 19.4 Å². The van der Waals surface area contributed by atoms with Crippen molar-refractivity contribution in [2.75, 3.05) is 45.8 Å². The number of carbonyl (C=O) groups excluding carboxylic acids is 1. The minimum Gasteiger partial charge on any atom is -0.342 e. The predicted molar refractivity (Wildman–Crippen MR) is 81.8 cm³/mol. The third-order valence-corrected chi connectivity index (χ3v) is 4.44. The van der Waals surface area contributed by atoms with Crippen LogP contribution in [0.4, 0.5) is 0 Å². The average molecular weight is 288 g/mol. The van der Waals surface area contributed by atoms with Gasteiger partial charge in [0.1, 0.15) is 0 Å². The van der Waals surface area contributed by atoms with E-state index in [4.69, 9.17) is 0 Å². The van der Waals surface area contributed by atoms with E-state index in [0.29, 0.717) is 12.5 Å². The van der Waals surface area contributed by atoms with Crippen molar-refractivity contribution in [3.8, 4) is 0 Å². The van der Waals surface area contributed by atoms with Gasteiger partial charge in [0, 0.05) is 58.2 Å². The van der Waals surface area contributed by atoms with Crippen molar-refractivity contribution in [2.24, 2.45) is 0 Å². The molecule has 2 aliphatic heterocycles. The lowest BCUT2D eigenvalue weighted by atomic mass is 10.2. The van der Waals surface area contributed by atoms with Gasteiger partial charge in [-0.25, -0.2) is 0 Å². The number of amides is 1. The van der Waals surface area contributed by atoms with Crippen LogP contribution in [-0.2, 0) is 11.3 Å². The molecule has 21 heavy (non-hydrogen) atoms. The molecule has 0 atom stereocenters. The molecule has 1 aromatic heterocycles. The van der Waals surface area contributed by atoms with Crippen LogP contribution in [0.5, 0.6) is 0 Å². The monoisotopic (exact) mass is 288 g/mol. The Labute approximate surface area is 126 Å². The Morgan fingerprint density at radius 3 is 2.24 bits per heavy atom. The van der Waals surface area contributed by atoms with Crippen molar-refractivity contribution in [3.63, 3.8) is 0 Å². The van der Waals surface area contributed by atoms with Gasteiger partial charge in [0.2, 0.25) is 5.91 Å². The molecule has 3 heterocycles. The molecule has 2 saturated heterocycles. The van der Waals surface area contributed by atoms with Crippen molar-refractivity contribution in [3.05, 3.63) is 30.1 Å². The van der Waals surface area contributed by atoms with Crippen LogP contribution >= 0.6 is 0 Å². The summed E-state index contributed by atoms with van der Waals surface area (Å²) in [6.07, 6.45) is 6.04. The Kier molecular flexibility index (Phi) is 4.83. The molecule has 0 aromatic carbocycles. The summed E-state index contributed by atoms with van der Waals surface area (Å²) in [4.78, 5) is 23.0. The van der Waals surface area contributed by atoms with Crippen LogP contribution in [0.25, 0.3) is 0 Å². The number of nitrogens with zero attached hydrogens (tertiary/aromatic N) is 4. The van der Waals surface area contributed by atoms with Crippen LogP contribution in [0, 0.1) is 0 Å². The Morgan fingerprint density at radius 2 is 1.57 bits per heavy atom. The van der Waals surface area contributed by atoms with Gasteiger partial charge in [-0.1, -0.05) is 0 Å². The lowest BCUT2D eigenvalue weighted by Crippen LogP contribution is -2.49. The van der Waals surface area contributed by atoms with E-state index in [-0.39, 0.29) is 0 Å². The number of pyridine rings is 1. The van der Waals surface area contributed by atoms with Crippen molar-refractivity contribution >= 4 is 5.91 Å². The predicted octanol–water partition coefficient (Wildman–Crippen LogP) is 0.822. The SMILES string of the molecule is O=C(CN1CCN(Cc2ccncc2)CC1)N1CCCC1. The molecule has 0 aliphatic carbocycles. The fourth-order valence-corrected chi connectivity index (χ4v) is 3.11. The molecule has 0 radical (unpaired) electrons. The maximum Gasteiger partial charge on any atom is 0.236 e. The first-order valence-corrected chi connectivity index (χ1v) is 7.93. The highest BCUT2D eigenvalue weighted by Crippen LogP contribution is 2.10. The molecule has 0 saturated carbocycles. The molecule has 0 spiro atoms. The zero-order chi connectivity index (χ0) is 14.5. The number of rotatable bonds is 4. The summed E-state index contributed by atoms with van der Waals surface area (Å²) >= 11 is 0. The second-order valence-corrected chi connectivity index (χ2v) is 6.00. The number of carbonyl (C=O) groups is 1. The van der Waals surface area contributed by atoms with E-state index >= 15 is 0 Å². The highest BCUT2D eigenvalue weighted by atomic mass is 16.2. The Morgan fingerprint density at radius 1 is 0.952 bits per heavy atom. The average Bonchev–Trinajstić information content (AvgIpc) is 3.05. The van der Waals surface area contributed by atoms with Crippen molar-refractivity contribution in [1.29, 1.82) is 0 Å². The largest absolute Gasteiger partial charge is 0.342 e. The minimum atomic E-state index is 0.315. The van der Waals surface area contributed by atoms with Gasteiger partial charge in [0.15, 0.2) is 0 Å². The Balaban J connectivity index is 1.41. The number of piperazine rings is 1. The highest BCUT2D eigenvalue weighted by molar-refractivity contribution is 5.78. The molecule has 1 amide bonds. The van der Waals surface area contributed by atoms with Gasteiger partial charge in [-0.2, -0.15) is 0 Å². The summed E-state index contributed by atoms with van der Waals surface area (Å²) in [5, 5.41) is 0. The lowest BCUT2D eigenvalue weighted by molar-refractivity contribution is -0.131. The molecule has 5 heteroatoms. The zero-order valence-corrected chi connectivity index (χ0v) is 12.6. The number of likely N-dealkylation sites (tertiary alicyclic amines) is 1. The molecule has 0 N–H and O–H groups in total. The van der Waals surface area contributed by atoms with E-state index in [2.05, 4.69) is 26.9 Å². The number of hydrogen-bond donors (Lipinski definition) is 0. The molecule has 2 fully saturated rings. The molecule has 0 unspecified atom stereocenters. The van der Waals surface area contributed by atoms with E-state index in [1.54, 1.807) is 0 Å². The van der Waals surface area contributed by atoms with Crippen molar-refractivity contribution < 1.29 is 4.79 Å². The second kappa shape index (κ2) is 7.00. The van der Waals surface area contributed by atoms with E-state index in [1.165, 1.54) is 18.4 Å². The van der Waals surface area contributed by atoms with Crippen LogP contribution < -0.4 is 0 Å². The van der Waals surface area contributed by atoms with Crippen LogP contribution in [-0.4, -0.2) is 71.4 Å². The zero-order valence-electron chi connectivity index (χ0n) is 12.6. The number of aromatic nitrogens is 1. The summed E-state index contributed by atoms with van der Waals surface area (Å²) in [6, 6.07) is 4.15. The molecule has 5 nitrogen and oxygen atoms in total. The molecule has 114 valence electrons. The molecule has 0 bridgehead atoms. The van der Waals surface area contributed by atoms with Crippen molar-refractivity contribution in [1.82, 2.24) is 19.7 Å². The third-order valence-electron chi connectivity index (χ3n) is 4.44. The van der Waals surface area contributed by atoms with Gasteiger partial charge in [-0.3, -0.25) is 19.6 Å². The number of hydrogen-bond acceptors (Lipinski definition) is 4. The maximum absolute atomic E-state index is 12.1. The van der Waals surface area contributed by atoms with Crippen LogP contribution in [0.1, 0.15) is 18.4 Å². The first-order valence-electron chi connectivity index (χ1n) is 7.93. The first kappa shape index (κ1) is 14.5. The fraction of sp³-hybridized carbons (Fsp3) is 0.625. The molecule has 2 aliphatic rings. The molecule has 1 aromatic rings. The summed E-state index contributed by atoms with van der Waals surface area (Å²) in [5.74, 6) is 0.315. The van der Waals surface area contributed by atoms with Gasteiger partial charge in [-0.05, 0) is 30.5 Å².